The van der Waals surface area contributed by atoms with Gasteiger partial charge in [0.15, 0.2) is 6.04 Å². The van der Waals surface area contributed by atoms with Gasteiger partial charge in [-0.3, -0.25) is 4.79 Å². The summed E-state index contributed by atoms with van der Waals surface area (Å²) in [5, 5.41) is 16.3. The third kappa shape index (κ3) is 4.87. The number of hydrogen-bond acceptors (Lipinski definition) is 5. The molecule has 7 nitrogen and oxygen atoms in total. The molecule has 174 valence electrons. The second kappa shape index (κ2) is 10.4. The Balaban J connectivity index is 1.41. The van der Waals surface area contributed by atoms with Crippen molar-refractivity contribution in [1.82, 2.24) is 10.6 Å². The number of aliphatic carboxylic acids is 1. The Kier molecular flexibility index (Phi) is 7.08. The van der Waals surface area contributed by atoms with Crippen molar-refractivity contribution in [3.05, 3.63) is 94.7 Å². The summed E-state index contributed by atoms with van der Waals surface area (Å²) >= 11 is 1.22. The number of carbonyl (C=O) groups is 3. The Morgan fingerprint density at radius 2 is 1.65 bits per heavy atom. The summed E-state index contributed by atoms with van der Waals surface area (Å²) < 4.78 is 5.51. The molecule has 2 unspecified atom stereocenters. The Morgan fingerprint density at radius 3 is 2.21 bits per heavy atom. The molecule has 2 atom stereocenters. The van der Waals surface area contributed by atoms with Gasteiger partial charge in [0.05, 0.1) is 0 Å². The zero-order valence-corrected chi connectivity index (χ0v) is 19.1. The van der Waals surface area contributed by atoms with Gasteiger partial charge in [0, 0.05) is 10.8 Å². The first-order valence-electron chi connectivity index (χ1n) is 10.8. The van der Waals surface area contributed by atoms with Crippen LogP contribution in [0.4, 0.5) is 4.79 Å². The van der Waals surface area contributed by atoms with Crippen molar-refractivity contribution in [2.24, 2.45) is 0 Å². The Labute approximate surface area is 201 Å². The third-order valence-electron chi connectivity index (χ3n) is 5.72. The van der Waals surface area contributed by atoms with E-state index >= 15 is 0 Å². The molecule has 0 fully saturated rings. The average molecular weight is 477 g/mol. The summed E-state index contributed by atoms with van der Waals surface area (Å²) in [6, 6.07) is 17.1. The van der Waals surface area contributed by atoms with E-state index in [9.17, 15) is 19.5 Å². The van der Waals surface area contributed by atoms with Gasteiger partial charge in [-0.25, -0.2) is 9.59 Å². The lowest BCUT2D eigenvalue weighted by molar-refractivity contribution is -0.142. The highest BCUT2D eigenvalue weighted by Gasteiger charge is 2.31. The molecule has 34 heavy (non-hydrogen) atoms. The maximum atomic E-state index is 12.8. The second-order valence-corrected chi connectivity index (χ2v) is 8.82. The summed E-state index contributed by atoms with van der Waals surface area (Å²) in [5.74, 6) is -1.93. The first kappa shape index (κ1) is 23.3. The van der Waals surface area contributed by atoms with Crippen LogP contribution in [0.3, 0.4) is 0 Å². The quantitative estimate of drug-likeness (QED) is 0.395. The van der Waals surface area contributed by atoms with Gasteiger partial charge in [0.25, 0.3) is 0 Å². The van der Waals surface area contributed by atoms with E-state index in [2.05, 4.69) is 17.2 Å². The van der Waals surface area contributed by atoms with Gasteiger partial charge in [0.2, 0.25) is 5.91 Å². The number of hydrogen-bond donors (Lipinski definition) is 3. The average Bonchev–Trinajstić information content (AvgIpc) is 3.47. The first-order valence-corrected chi connectivity index (χ1v) is 11.7. The van der Waals surface area contributed by atoms with Crippen molar-refractivity contribution in [2.45, 2.75) is 24.4 Å². The van der Waals surface area contributed by atoms with Crippen LogP contribution >= 0.6 is 11.3 Å². The van der Waals surface area contributed by atoms with Gasteiger partial charge >= 0.3 is 12.1 Å². The zero-order chi connectivity index (χ0) is 24.1. The fourth-order valence-electron chi connectivity index (χ4n) is 4.13. The molecule has 0 bridgehead atoms. The molecule has 2 aromatic carbocycles. The minimum absolute atomic E-state index is 0.106. The number of amides is 2. The van der Waals surface area contributed by atoms with E-state index in [1.165, 1.54) is 17.4 Å². The summed E-state index contributed by atoms with van der Waals surface area (Å²) in [6.45, 7) is 3.73. The van der Waals surface area contributed by atoms with Crippen molar-refractivity contribution in [2.75, 3.05) is 6.61 Å². The molecule has 0 radical (unpaired) electrons. The number of ether oxygens (including phenoxy) is 1. The highest BCUT2D eigenvalue weighted by Crippen LogP contribution is 2.44. The van der Waals surface area contributed by atoms with Gasteiger partial charge in [0.1, 0.15) is 12.6 Å². The summed E-state index contributed by atoms with van der Waals surface area (Å²) in [7, 11) is 0. The van der Waals surface area contributed by atoms with Crippen LogP contribution in [0.2, 0.25) is 0 Å². The van der Waals surface area contributed by atoms with E-state index in [1.54, 1.807) is 17.5 Å². The van der Waals surface area contributed by atoms with Crippen LogP contribution in [0.25, 0.3) is 11.1 Å². The molecule has 2 amide bonds. The fraction of sp³-hybridized carbons (Fsp3) is 0.192. The number of carboxylic acids is 1. The van der Waals surface area contributed by atoms with Crippen molar-refractivity contribution in [3.63, 3.8) is 0 Å². The lowest BCUT2D eigenvalue weighted by Gasteiger charge is -2.21. The topological polar surface area (TPSA) is 105 Å². The predicted octanol–water partition coefficient (Wildman–Crippen LogP) is 4.47. The first-order chi connectivity index (χ1) is 16.5. The molecule has 3 N–H and O–H groups in total. The van der Waals surface area contributed by atoms with Crippen LogP contribution in [-0.4, -0.2) is 35.7 Å². The van der Waals surface area contributed by atoms with Crippen LogP contribution in [0, 0.1) is 0 Å². The van der Waals surface area contributed by atoms with Crippen molar-refractivity contribution in [3.8, 4) is 11.1 Å². The lowest BCUT2D eigenvalue weighted by Crippen LogP contribution is -2.48. The van der Waals surface area contributed by atoms with Crippen molar-refractivity contribution < 1.29 is 24.2 Å². The van der Waals surface area contributed by atoms with E-state index in [0.29, 0.717) is 4.88 Å². The van der Waals surface area contributed by atoms with Gasteiger partial charge in [-0.2, -0.15) is 0 Å². The van der Waals surface area contributed by atoms with Gasteiger partial charge in [-0.1, -0.05) is 60.7 Å². The van der Waals surface area contributed by atoms with E-state index in [-0.39, 0.29) is 18.9 Å². The number of carboxylic acid groups (broad SMARTS) is 1. The SMILES string of the molecule is C=CCC(NC(=O)OCC1c2ccccc2-c2ccccc21)C(=O)NC(C(=O)O)c1cccs1. The summed E-state index contributed by atoms with van der Waals surface area (Å²) in [5.41, 5.74) is 4.39. The number of benzene rings is 2. The molecule has 0 aliphatic heterocycles. The standard InChI is InChI=1S/C26H24N2O5S/c1-2-8-21(24(29)28-23(25(30)31)22-13-7-14-34-22)27-26(32)33-15-20-18-11-5-3-9-16(18)17-10-4-6-12-19(17)20/h2-7,9-14,20-21,23H,1,8,15H2,(H,27,32)(H,28,29)(H,30,31). The van der Waals surface area contributed by atoms with Crippen LogP contribution in [0.15, 0.2) is 78.7 Å². The molecule has 3 aromatic rings. The number of alkyl carbamates (subject to hydrolysis) is 1. The molecule has 4 rings (SSSR count). The van der Waals surface area contributed by atoms with Crippen molar-refractivity contribution in [1.29, 1.82) is 0 Å². The van der Waals surface area contributed by atoms with Gasteiger partial charge in [-0.05, 0) is 40.1 Å². The van der Waals surface area contributed by atoms with Gasteiger partial charge < -0.3 is 20.5 Å². The molecule has 8 heteroatoms. The molecule has 1 aliphatic rings. The number of fused-ring (bicyclic) bond motifs is 3. The lowest BCUT2D eigenvalue weighted by atomic mass is 9.98. The van der Waals surface area contributed by atoms with Crippen LogP contribution < -0.4 is 10.6 Å². The number of carbonyl (C=O) groups excluding carboxylic acids is 2. The highest BCUT2D eigenvalue weighted by molar-refractivity contribution is 7.10. The Bertz CT molecular complexity index is 1160. The number of thiophene rings is 1. The molecule has 0 saturated carbocycles. The fourth-order valence-corrected chi connectivity index (χ4v) is 4.90. The van der Waals surface area contributed by atoms with Crippen LogP contribution in [0.1, 0.15) is 34.4 Å². The molecule has 0 saturated heterocycles. The third-order valence-corrected chi connectivity index (χ3v) is 6.65. The molecule has 0 spiro atoms. The van der Waals surface area contributed by atoms with Crippen LogP contribution in [-0.2, 0) is 14.3 Å². The molecule has 1 aliphatic carbocycles. The maximum Gasteiger partial charge on any atom is 0.407 e. The smallest absolute Gasteiger partial charge is 0.407 e. The van der Waals surface area contributed by atoms with Gasteiger partial charge in [-0.15, -0.1) is 17.9 Å². The Morgan fingerprint density at radius 1 is 1.00 bits per heavy atom. The summed E-state index contributed by atoms with van der Waals surface area (Å²) in [4.78, 5) is 37.5. The maximum absolute atomic E-state index is 12.8. The number of rotatable bonds is 9. The molecule has 1 aromatic heterocycles. The monoisotopic (exact) mass is 476 g/mol. The predicted molar refractivity (Wildman–Crippen MR) is 130 cm³/mol. The van der Waals surface area contributed by atoms with E-state index in [0.717, 1.165) is 22.3 Å². The minimum atomic E-state index is -1.20. The normalized spacial score (nSPS) is 13.8. The number of nitrogens with one attached hydrogen (secondary N) is 2. The Hall–Kier alpha value is -3.91. The molecular formula is C26H24N2O5S. The highest BCUT2D eigenvalue weighted by atomic mass is 32.1. The van der Waals surface area contributed by atoms with E-state index < -0.39 is 30.1 Å². The second-order valence-electron chi connectivity index (χ2n) is 7.84. The van der Waals surface area contributed by atoms with Crippen LogP contribution in [0.5, 0.6) is 0 Å². The van der Waals surface area contributed by atoms with E-state index in [4.69, 9.17) is 4.74 Å². The molecular weight excluding hydrogens is 452 g/mol. The minimum Gasteiger partial charge on any atom is -0.479 e. The zero-order valence-electron chi connectivity index (χ0n) is 18.3. The molecule has 1 heterocycles. The van der Waals surface area contributed by atoms with E-state index in [1.807, 2.05) is 48.5 Å². The largest absolute Gasteiger partial charge is 0.479 e. The summed E-state index contributed by atoms with van der Waals surface area (Å²) in [6.07, 6.45) is 0.841. The van der Waals surface area contributed by atoms with Crippen molar-refractivity contribution >= 4 is 29.3 Å².